The summed E-state index contributed by atoms with van der Waals surface area (Å²) in [5.74, 6) is 0.363. The molecule has 0 unspecified atom stereocenters. The Balaban J connectivity index is 1.77. The second-order valence-electron chi connectivity index (χ2n) is 5.20. The highest BCUT2D eigenvalue weighted by molar-refractivity contribution is 6.04. The normalized spacial score (nSPS) is 18.6. The lowest BCUT2D eigenvalue weighted by Gasteiger charge is -2.31. The molecule has 0 radical (unpaired) electrons. The average molecular weight is 258 g/mol. The van der Waals surface area contributed by atoms with Crippen molar-refractivity contribution in [1.29, 1.82) is 0 Å². The SMILES string of the molecule is O=C1CCN(CC(=O)N2CCCC2)c2ccccc21. The van der Waals surface area contributed by atoms with Gasteiger partial charge in [-0.25, -0.2) is 0 Å². The van der Waals surface area contributed by atoms with Crippen molar-refractivity contribution in [2.24, 2.45) is 0 Å². The van der Waals surface area contributed by atoms with Gasteiger partial charge in [-0.1, -0.05) is 12.1 Å². The number of amides is 1. The Labute approximate surface area is 113 Å². The van der Waals surface area contributed by atoms with Crippen LogP contribution in [0.4, 0.5) is 5.69 Å². The molecule has 0 atom stereocenters. The number of hydrogen-bond acceptors (Lipinski definition) is 3. The number of hydrogen-bond donors (Lipinski definition) is 0. The number of benzene rings is 1. The van der Waals surface area contributed by atoms with E-state index >= 15 is 0 Å². The molecule has 0 bridgehead atoms. The fourth-order valence-electron chi connectivity index (χ4n) is 2.87. The van der Waals surface area contributed by atoms with Crippen molar-refractivity contribution < 1.29 is 9.59 Å². The molecule has 100 valence electrons. The molecule has 1 amide bonds. The second-order valence-corrected chi connectivity index (χ2v) is 5.20. The van der Waals surface area contributed by atoms with E-state index in [1.165, 1.54) is 0 Å². The standard InChI is InChI=1S/C15H18N2O2/c18-14-7-10-17(13-6-2-1-5-12(13)14)11-15(19)16-8-3-4-9-16/h1-2,5-6H,3-4,7-11H2. The molecule has 1 fully saturated rings. The van der Waals surface area contributed by atoms with Crippen LogP contribution in [0.15, 0.2) is 24.3 Å². The van der Waals surface area contributed by atoms with Crippen molar-refractivity contribution in [3.05, 3.63) is 29.8 Å². The monoisotopic (exact) mass is 258 g/mol. The van der Waals surface area contributed by atoms with Gasteiger partial charge >= 0.3 is 0 Å². The van der Waals surface area contributed by atoms with Crippen LogP contribution in [-0.4, -0.2) is 42.8 Å². The smallest absolute Gasteiger partial charge is 0.242 e. The van der Waals surface area contributed by atoms with E-state index in [0.717, 1.165) is 37.2 Å². The summed E-state index contributed by atoms with van der Waals surface area (Å²) in [6.45, 7) is 2.81. The zero-order valence-corrected chi connectivity index (χ0v) is 11.0. The van der Waals surface area contributed by atoms with Crippen molar-refractivity contribution in [1.82, 2.24) is 4.90 Å². The maximum absolute atomic E-state index is 12.2. The third kappa shape index (κ3) is 2.35. The van der Waals surface area contributed by atoms with Crippen molar-refractivity contribution in [2.45, 2.75) is 19.3 Å². The highest BCUT2D eigenvalue weighted by Gasteiger charge is 2.26. The van der Waals surface area contributed by atoms with Crippen molar-refractivity contribution in [2.75, 3.05) is 31.1 Å². The number of fused-ring (bicyclic) bond motifs is 1. The summed E-state index contributed by atoms with van der Waals surface area (Å²) in [6, 6.07) is 7.58. The van der Waals surface area contributed by atoms with Crippen LogP contribution in [0, 0.1) is 0 Å². The number of rotatable bonds is 2. The van der Waals surface area contributed by atoms with Crippen LogP contribution in [0.1, 0.15) is 29.6 Å². The predicted molar refractivity (Wildman–Crippen MR) is 73.4 cm³/mol. The van der Waals surface area contributed by atoms with Crippen molar-refractivity contribution in [3.8, 4) is 0 Å². The Bertz CT molecular complexity index is 507. The van der Waals surface area contributed by atoms with E-state index < -0.39 is 0 Å². The van der Waals surface area contributed by atoms with Crippen molar-refractivity contribution >= 4 is 17.4 Å². The molecule has 0 saturated carbocycles. The fourth-order valence-corrected chi connectivity index (χ4v) is 2.87. The fraction of sp³-hybridized carbons (Fsp3) is 0.467. The number of ketones is 1. The molecule has 2 heterocycles. The van der Waals surface area contributed by atoms with E-state index in [0.29, 0.717) is 19.5 Å². The first-order valence-electron chi connectivity index (χ1n) is 6.90. The lowest BCUT2D eigenvalue weighted by atomic mass is 10.0. The van der Waals surface area contributed by atoms with E-state index in [-0.39, 0.29) is 11.7 Å². The first-order valence-corrected chi connectivity index (χ1v) is 6.90. The van der Waals surface area contributed by atoms with E-state index in [4.69, 9.17) is 0 Å². The Morgan fingerprint density at radius 2 is 1.84 bits per heavy atom. The second kappa shape index (κ2) is 5.03. The number of nitrogens with zero attached hydrogens (tertiary/aromatic N) is 2. The summed E-state index contributed by atoms with van der Waals surface area (Å²) >= 11 is 0. The Morgan fingerprint density at radius 3 is 2.63 bits per heavy atom. The molecule has 4 heteroatoms. The minimum absolute atomic E-state index is 0.181. The lowest BCUT2D eigenvalue weighted by molar-refractivity contribution is -0.128. The summed E-state index contributed by atoms with van der Waals surface area (Å²) < 4.78 is 0. The van der Waals surface area contributed by atoms with Gasteiger partial charge < -0.3 is 9.80 Å². The number of carbonyl (C=O) groups excluding carboxylic acids is 2. The molecular weight excluding hydrogens is 240 g/mol. The zero-order chi connectivity index (χ0) is 13.2. The highest BCUT2D eigenvalue weighted by atomic mass is 16.2. The highest BCUT2D eigenvalue weighted by Crippen LogP contribution is 2.26. The van der Waals surface area contributed by atoms with Gasteiger partial charge in [-0.15, -0.1) is 0 Å². The van der Waals surface area contributed by atoms with Crippen molar-refractivity contribution in [3.63, 3.8) is 0 Å². The molecule has 0 aromatic heterocycles. The molecule has 0 N–H and O–H groups in total. The van der Waals surface area contributed by atoms with Gasteiger partial charge in [0.1, 0.15) is 0 Å². The number of likely N-dealkylation sites (tertiary alicyclic amines) is 1. The molecule has 1 saturated heterocycles. The maximum atomic E-state index is 12.2. The van der Waals surface area contributed by atoms with Gasteiger partial charge in [-0.2, -0.15) is 0 Å². The summed E-state index contributed by atoms with van der Waals surface area (Å²) in [6.07, 6.45) is 2.73. The van der Waals surface area contributed by atoms with Gasteiger partial charge in [-0.3, -0.25) is 9.59 Å². The van der Waals surface area contributed by atoms with Gasteiger partial charge in [0.25, 0.3) is 0 Å². The van der Waals surface area contributed by atoms with Crippen LogP contribution in [0.3, 0.4) is 0 Å². The van der Waals surface area contributed by atoms with Crippen LogP contribution >= 0.6 is 0 Å². The Morgan fingerprint density at radius 1 is 1.11 bits per heavy atom. The van der Waals surface area contributed by atoms with Crippen LogP contribution in [-0.2, 0) is 4.79 Å². The molecular formula is C15H18N2O2. The molecule has 4 nitrogen and oxygen atoms in total. The van der Waals surface area contributed by atoms with Crippen LogP contribution in [0.25, 0.3) is 0 Å². The van der Waals surface area contributed by atoms with Crippen LogP contribution < -0.4 is 4.90 Å². The molecule has 3 rings (SSSR count). The summed E-state index contributed by atoms with van der Waals surface area (Å²) in [5.41, 5.74) is 1.66. The zero-order valence-electron chi connectivity index (χ0n) is 11.0. The third-order valence-electron chi connectivity index (χ3n) is 3.94. The number of Topliss-reactive ketones (excluding diaryl/α,β-unsaturated/α-hetero) is 1. The molecule has 1 aromatic carbocycles. The molecule has 19 heavy (non-hydrogen) atoms. The molecule has 0 spiro atoms. The largest absolute Gasteiger partial charge is 0.361 e. The first kappa shape index (κ1) is 12.2. The number of anilines is 1. The van der Waals surface area contributed by atoms with Gasteiger partial charge in [-0.05, 0) is 25.0 Å². The summed E-state index contributed by atoms with van der Waals surface area (Å²) in [5, 5.41) is 0. The first-order chi connectivity index (χ1) is 9.25. The number of carbonyl (C=O) groups is 2. The van der Waals surface area contributed by atoms with Gasteiger partial charge in [0.15, 0.2) is 5.78 Å². The van der Waals surface area contributed by atoms with Gasteiger partial charge in [0.2, 0.25) is 5.91 Å². The van der Waals surface area contributed by atoms with Crippen LogP contribution in [0.2, 0.25) is 0 Å². The quantitative estimate of drug-likeness (QED) is 0.810. The minimum atomic E-state index is 0.181. The summed E-state index contributed by atoms with van der Waals surface area (Å²) in [7, 11) is 0. The molecule has 2 aliphatic heterocycles. The van der Waals surface area contributed by atoms with Gasteiger partial charge in [0.05, 0.1) is 6.54 Å². The topological polar surface area (TPSA) is 40.6 Å². The molecule has 2 aliphatic rings. The maximum Gasteiger partial charge on any atom is 0.242 e. The minimum Gasteiger partial charge on any atom is -0.361 e. The average Bonchev–Trinajstić information content (AvgIpc) is 2.96. The Kier molecular flexibility index (Phi) is 3.23. The van der Waals surface area contributed by atoms with E-state index in [2.05, 4.69) is 0 Å². The third-order valence-corrected chi connectivity index (χ3v) is 3.94. The number of para-hydroxylation sites is 1. The van der Waals surface area contributed by atoms with E-state index in [1.807, 2.05) is 34.1 Å². The molecule has 1 aromatic rings. The molecule has 0 aliphatic carbocycles. The van der Waals surface area contributed by atoms with Crippen LogP contribution in [0.5, 0.6) is 0 Å². The van der Waals surface area contributed by atoms with E-state index in [1.54, 1.807) is 0 Å². The Hall–Kier alpha value is -1.84. The lowest BCUT2D eigenvalue weighted by Crippen LogP contribution is -2.42. The summed E-state index contributed by atoms with van der Waals surface area (Å²) in [4.78, 5) is 28.0. The predicted octanol–water partition coefficient (Wildman–Crippen LogP) is 1.70. The van der Waals surface area contributed by atoms with Gasteiger partial charge in [0, 0.05) is 37.3 Å². The van der Waals surface area contributed by atoms with E-state index in [9.17, 15) is 9.59 Å².